The highest BCUT2D eigenvalue weighted by atomic mass is 16.6. The van der Waals surface area contributed by atoms with Gasteiger partial charge < -0.3 is 10.3 Å². The molecule has 2 heterocycles. The first-order valence-corrected chi connectivity index (χ1v) is 8.65. The number of rotatable bonds is 5. The highest BCUT2D eigenvalue weighted by molar-refractivity contribution is 6.09. The smallest absolute Gasteiger partial charge is 0.354 e. The van der Waals surface area contributed by atoms with E-state index < -0.39 is 10.6 Å². The van der Waals surface area contributed by atoms with Gasteiger partial charge in [-0.05, 0) is 30.7 Å². The van der Waals surface area contributed by atoms with Crippen LogP contribution in [-0.4, -0.2) is 25.7 Å². The Hall–Kier alpha value is -4.01. The van der Waals surface area contributed by atoms with Gasteiger partial charge in [-0.1, -0.05) is 24.3 Å². The van der Waals surface area contributed by atoms with Gasteiger partial charge in [-0.3, -0.25) is 15.5 Å². The number of benzene rings is 2. The Kier molecular flexibility index (Phi) is 4.32. The molecule has 0 saturated carbocycles. The van der Waals surface area contributed by atoms with Crippen LogP contribution in [0.4, 0.5) is 17.3 Å². The molecule has 0 bridgehead atoms. The minimum absolute atomic E-state index is 0.0580. The molecule has 0 aliphatic heterocycles. The van der Waals surface area contributed by atoms with Crippen molar-refractivity contribution in [1.82, 2.24) is 14.5 Å². The zero-order chi connectivity index (χ0) is 19.7. The van der Waals surface area contributed by atoms with Gasteiger partial charge in [-0.15, -0.1) is 0 Å². The van der Waals surface area contributed by atoms with E-state index in [2.05, 4.69) is 44.1 Å². The third-order valence-corrected chi connectivity index (χ3v) is 4.53. The van der Waals surface area contributed by atoms with Gasteiger partial charge in [0.1, 0.15) is 6.33 Å². The van der Waals surface area contributed by atoms with Crippen molar-refractivity contribution in [2.75, 3.05) is 11.2 Å². The second-order valence-electron chi connectivity index (χ2n) is 6.12. The molecule has 0 unspecified atom stereocenters. The first-order chi connectivity index (χ1) is 13.6. The Morgan fingerprint density at radius 1 is 1.21 bits per heavy atom. The van der Waals surface area contributed by atoms with Crippen molar-refractivity contribution in [3.63, 3.8) is 0 Å². The number of anilines is 2. The predicted octanol–water partition coefficient (Wildman–Crippen LogP) is 3.54. The van der Waals surface area contributed by atoms with Crippen molar-refractivity contribution >= 4 is 45.3 Å². The third kappa shape index (κ3) is 2.88. The Morgan fingerprint density at radius 2 is 2.00 bits per heavy atom. The summed E-state index contributed by atoms with van der Waals surface area (Å²) in [7, 11) is 0. The van der Waals surface area contributed by atoms with Gasteiger partial charge >= 0.3 is 5.69 Å². The SMILES string of the molecule is CCn1c2ccccc2c2cc(C=NNc3ncnc(N)c3[N+](=O)[O-])ccc21. The molecule has 0 saturated heterocycles. The van der Waals surface area contributed by atoms with Crippen LogP contribution in [0.25, 0.3) is 21.8 Å². The van der Waals surface area contributed by atoms with Crippen LogP contribution in [0.15, 0.2) is 53.9 Å². The number of nitrogens with zero attached hydrogens (tertiary/aromatic N) is 5. The van der Waals surface area contributed by atoms with Gasteiger partial charge in [0.25, 0.3) is 0 Å². The van der Waals surface area contributed by atoms with Crippen LogP contribution < -0.4 is 11.2 Å². The second-order valence-corrected chi connectivity index (χ2v) is 6.12. The van der Waals surface area contributed by atoms with Gasteiger partial charge in [-0.2, -0.15) is 5.10 Å². The van der Waals surface area contributed by atoms with Gasteiger partial charge in [0.05, 0.1) is 11.1 Å². The molecule has 140 valence electrons. The minimum atomic E-state index is -0.640. The summed E-state index contributed by atoms with van der Waals surface area (Å²) >= 11 is 0. The van der Waals surface area contributed by atoms with Crippen molar-refractivity contribution < 1.29 is 4.92 Å². The first-order valence-electron chi connectivity index (χ1n) is 8.65. The Bertz CT molecular complexity index is 1230. The van der Waals surface area contributed by atoms with Gasteiger partial charge in [0, 0.05) is 28.4 Å². The van der Waals surface area contributed by atoms with E-state index in [4.69, 9.17) is 5.73 Å². The summed E-state index contributed by atoms with van der Waals surface area (Å²) in [5.41, 5.74) is 10.9. The topological polar surface area (TPSA) is 124 Å². The highest BCUT2D eigenvalue weighted by Gasteiger charge is 2.20. The van der Waals surface area contributed by atoms with E-state index >= 15 is 0 Å². The molecule has 0 aliphatic rings. The van der Waals surface area contributed by atoms with Gasteiger partial charge in [-0.25, -0.2) is 9.97 Å². The fourth-order valence-corrected chi connectivity index (χ4v) is 3.31. The molecular weight excluding hydrogens is 358 g/mol. The average molecular weight is 375 g/mol. The molecule has 2 aromatic heterocycles. The van der Waals surface area contributed by atoms with Crippen molar-refractivity contribution in [3.05, 3.63) is 64.5 Å². The summed E-state index contributed by atoms with van der Waals surface area (Å²) in [5, 5.41) is 17.5. The number of hydrogen-bond acceptors (Lipinski definition) is 7. The molecule has 4 aromatic rings. The molecule has 2 aromatic carbocycles. The Balaban J connectivity index is 1.69. The van der Waals surface area contributed by atoms with Crippen LogP contribution in [-0.2, 0) is 6.54 Å². The molecule has 0 spiro atoms. The van der Waals surface area contributed by atoms with Crippen LogP contribution >= 0.6 is 0 Å². The predicted molar refractivity (Wildman–Crippen MR) is 109 cm³/mol. The summed E-state index contributed by atoms with van der Waals surface area (Å²) in [6.45, 7) is 2.99. The number of hydrogen-bond donors (Lipinski definition) is 2. The van der Waals surface area contributed by atoms with E-state index in [1.54, 1.807) is 6.21 Å². The number of nitrogens with two attached hydrogens (primary N) is 1. The lowest BCUT2D eigenvalue weighted by atomic mass is 10.1. The molecule has 0 amide bonds. The van der Waals surface area contributed by atoms with E-state index in [1.165, 1.54) is 10.9 Å². The largest absolute Gasteiger partial charge is 0.378 e. The van der Waals surface area contributed by atoms with E-state index in [9.17, 15) is 10.1 Å². The lowest BCUT2D eigenvalue weighted by molar-refractivity contribution is -0.383. The van der Waals surface area contributed by atoms with Crippen molar-refractivity contribution in [2.24, 2.45) is 5.10 Å². The quantitative estimate of drug-likeness (QED) is 0.312. The fourth-order valence-electron chi connectivity index (χ4n) is 3.31. The number of hydrazone groups is 1. The monoisotopic (exact) mass is 375 g/mol. The summed E-state index contributed by atoms with van der Waals surface area (Å²) in [4.78, 5) is 18.0. The number of aromatic nitrogens is 3. The molecule has 9 nitrogen and oxygen atoms in total. The molecule has 0 atom stereocenters. The van der Waals surface area contributed by atoms with Crippen LogP contribution in [0.3, 0.4) is 0 Å². The molecule has 0 radical (unpaired) electrons. The van der Waals surface area contributed by atoms with E-state index in [0.29, 0.717) is 0 Å². The fraction of sp³-hybridized carbons (Fsp3) is 0.105. The lowest BCUT2D eigenvalue weighted by Crippen LogP contribution is -2.04. The Morgan fingerprint density at radius 3 is 2.79 bits per heavy atom. The van der Waals surface area contributed by atoms with Crippen molar-refractivity contribution in [3.8, 4) is 0 Å². The van der Waals surface area contributed by atoms with Crippen LogP contribution in [0.2, 0.25) is 0 Å². The number of aryl methyl sites for hydroxylation is 1. The Labute approximate surface area is 159 Å². The first kappa shape index (κ1) is 17.4. The van der Waals surface area contributed by atoms with E-state index in [0.717, 1.165) is 29.3 Å². The zero-order valence-corrected chi connectivity index (χ0v) is 15.0. The van der Waals surface area contributed by atoms with Crippen LogP contribution in [0.5, 0.6) is 0 Å². The number of nitrogen functional groups attached to an aromatic ring is 1. The summed E-state index contributed by atoms with van der Waals surface area (Å²) in [6, 6.07) is 14.3. The molecule has 4 rings (SSSR count). The molecule has 3 N–H and O–H groups in total. The van der Waals surface area contributed by atoms with Crippen molar-refractivity contribution in [1.29, 1.82) is 0 Å². The normalized spacial score (nSPS) is 11.5. The second kappa shape index (κ2) is 6.95. The number of para-hydroxylation sites is 1. The minimum Gasteiger partial charge on any atom is -0.378 e. The van der Waals surface area contributed by atoms with E-state index in [-0.39, 0.29) is 11.6 Å². The van der Waals surface area contributed by atoms with Crippen LogP contribution in [0, 0.1) is 10.1 Å². The van der Waals surface area contributed by atoms with E-state index in [1.807, 2.05) is 30.3 Å². The molecular formula is C19H17N7O2. The molecule has 28 heavy (non-hydrogen) atoms. The number of fused-ring (bicyclic) bond motifs is 3. The van der Waals surface area contributed by atoms with Gasteiger partial charge in [0.2, 0.25) is 11.6 Å². The van der Waals surface area contributed by atoms with Gasteiger partial charge in [0.15, 0.2) is 0 Å². The molecule has 9 heteroatoms. The standard InChI is InChI=1S/C19H17N7O2/c1-2-25-15-6-4-3-5-13(15)14-9-12(7-8-16(14)25)10-23-24-19-17(26(27)28)18(20)21-11-22-19/h3-11H,2H2,1H3,(H3,20,21,22,24). The maximum atomic E-state index is 11.1. The molecule has 0 fully saturated rings. The zero-order valence-electron chi connectivity index (χ0n) is 15.0. The van der Waals surface area contributed by atoms with Crippen LogP contribution in [0.1, 0.15) is 12.5 Å². The lowest BCUT2D eigenvalue weighted by Gasteiger charge is -2.03. The number of nitrogens with one attached hydrogen (secondary N) is 1. The summed E-state index contributed by atoms with van der Waals surface area (Å²) < 4.78 is 2.26. The highest BCUT2D eigenvalue weighted by Crippen LogP contribution is 2.29. The summed E-state index contributed by atoms with van der Waals surface area (Å²) in [5.74, 6) is -0.274. The number of nitro groups is 1. The maximum absolute atomic E-state index is 11.1. The average Bonchev–Trinajstić information content (AvgIpc) is 3.01. The third-order valence-electron chi connectivity index (χ3n) is 4.53. The molecule has 0 aliphatic carbocycles. The summed E-state index contributed by atoms with van der Waals surface area (Å²) in [6.07, 6.45) is 2.73. The maximum Gasteiger partial charge on any atom is 0.354 e. The van der Waals surface area contributed by atoms with Crippen molar-refractivity contribution in [2.45, 2.75) is 13.5 Å².